The van der Waals surface area contributed by atoms with Crippen LogP contribution in [0.5, 0.6) is 11.5 Å². The van der Waals surface area contributed by atoms with E-state index in [1.165, 1.54) is 30.5 Å². The molecule has 8 heteroatoms. The fraction of sp³-hybridized carbons (Fsp3) is 0.105. The first-order valence-corrected chi connectivity index (χ1v) is 8.20. The van der Waals surface area contributed by atoms with Crippen LogP contribution in [0, 0.1) is 5.82 Å². The Morgan fingerprint density at radius 1 is 1.11 bits per heavy atom. The van der Waals surface area contributed by atoms with Gasteiger partial charge >= 0.3 is 0 Å². The van der Waals surface area contributed by atoms with Gasteiger partial charge in [0.05, 0.1) is 0 Å². The summed E-state index contributed by atoms with van der Waals surface area (Å²) in [7, 11) is 0. The molecule has 27 heavy (non-hydrogen) atoms. The summed E-state index contributed by atoms with van der Waals surface area (Å²) in [6.07, 6.45) is 1.48. The van der Waals surface area contributed by atoms with Crippen LogP contribution in [-0.4, -0.2) is 22.7 Å². The highest BCUT2D eigenvalue weighted by Gasteiger charge is 2.13. The predicted octanol–water partition coefficient (Wildman–Crippen LogP) is 3.21. The van der Waals surface area contributed by atoms with Crippen molar-refractivity contribution in [3.05, 3.63) is 71.8 Å². The zero-order valence-electron chi connectivity index (χ0n) is 14.1. The Morgan fingerprint density at radius 3 is 2.89 bits per heavy atom. The average molecular weight is 366 g/mol. The van der Waals surface area contributed by atoms with Gasteiger partial charge in [-0.2, -0.15) is 0 Å². The van der Waals surface area contributed by atoms with Crippen molar-refractivity contribution in [3.8, 4) is 11.5 Å². The molecule has 0 saturated heterocycles. The number of ether oxygens (including phenoxy) is 2. The summed E-state index contributed by atoms with van der Waals surface area (Å²) in [5, 5.41) is 5.66. The molecule has 0 spiro atoms. The predicted molar refractivity (Wildman–Crippen MR) is 96.3 cm³/mol. The van der Waals surface area contributed by atoms with Gasteiger partial charge in [0.25, 0.3) is 5.91 Å². The average Bonchev–Trinajstić information content (AvgIpc) is 3.14. The smallest absolute Gasteiger partial charge is 0.274 e. The van der Waals surface area contributed by atoms with Crippen molar-refractivity contribution in [2.45, 2.75) is 6.54 Å². The first-order chi connectivity index (χ1) is 13.2. The molecule has 0 bridgehead atoms. The minimum Gasteiger partial charge on any atom is -0.454 e. The third-order valence-electron chi connectivity index (χ3n) is 3.86. The van der Waals surface area contributed by atoms with Crippen molar-refractivity contribution in [2.75, 3.05) is 17.4 Å². The highest BCUT2D eigenvalue weighted by Crippen LogP contribution is 2.32. The number of carbonyl (C=O) groups is 1. The zero-order chi connectivity index (χ0) is 18.6. The van der Waals surface area contributed by atoms with Crippen molar-refractivity contribution in [1.29, 1.82) is 0 Å². The molecule has 2 aromatic carbocycles. The van der Waals surface area contributed by atoms with E-state index in [4.69, 9.17) is 9.47 Å². The summed E-state index contributed by atoms with van der Waals surface area (Å²) in [6, 6.07) is 12.8. The minimum absolute atomic E-state index is 0.169. The molecule has 0 unspecified atom stereocenters. The number of nitrogens with zero attached hydrogens (tertiary/aromatic N) is 2. The Balaban J connectivity index is 1.42. The molecule has 1 aliphatic heterocycles. The van der Waals surface area contributed by atoms with Crippen molar-refractivity contribution >= 4 is 17.5 Å². The molecule has 3 aromatic rings. The largest absolute Gasteiger partial charge is 0.454 e. The van der Waals surface area contributed by atoms with E-state index in [1.54, 1.807) is 6.07 Å². The van der Waals surface area contributed by atoms with Crippen molar-refractivity contribution < 1.29 is 18.7 Å². The van der Waals surface area contributed by atoms with Crippen LogP contribution in [0.1, 0.15) is 16.1 Å². The summed E-state index contributed by atoms with van der Waals surface area (Å²) in [5.41, 5.74) is 1.48. The van der Waals surface area contributed by atoms with Crippen molar-refractivity contribution in [2.24, 2.45) is 0 Å². The summed E-state index contributed by atoms with van der Waals surface area (Å²) >= 11 is 0. The lowest BCUT2D eigenvalue weighted by Crippen LogP contribution is -2.15. The van der Waals surface area contributed by atoms with Gasteiger partial charge in [-0.05, 0) is 42.0 Å². The molecule has 136 valence electrons. The molecule has 0 radical (unpaired) electrons. The lowest BCUT2D eigenvalue weighted by Gasteiger charge is -2.08. The van der Waals surface area contributed by atoms with Gasteiger partial charge < -0.3 is 20.1 Å². The van der Waals surface area contributed by atoms with Crippen LogP contribution < -0.4 is 20.1 Å². The van der Waals surface area contributed by atoms with E-state index in [9.17, 15) is 9.18 Å². The maximum atomic E-state index is 13.2. The molecule has 2 N–H and O–H groups in total. The molecule has 0 saturated carbocycles. The van der Waals surface area contributed by atoms with Crippen molar-refractivity contribution in [1.82, 2.24) is 9.97 Å². The lowest BCUT2D eigenvalue weighted by atomic mass is 10.2. The third-order valence-corrected chi connectivity index (χ3v) is 3.86. The summed E-state index contributed by atoms with van der Waals surface area (Å²) in [5.74, 6) is 0.833. The summed E-state index contributed by atoms with van der Waals surface area (Å²) in [6.45, 7) is 0.670. The van der Waals surface area contributed by atoms with Gasteiger partial charge in [-0.15, -0.1) is 0 Å². The normalized spacial score (nSPS) is 11.9. The molecule has 0 atom stereocenters. The first-order valence-electron chi connectivity index (χ1n) is 8.20. The van der Waals surface area contributed by atoms with Crippen LogP contribution in [0.4, 0.5) is 16.0 Å². The summed E-state index contributed by atoms with van der Waals surface area (Å²) in [4.78, 5) is 20.6. The monoisotopic (exact) mass is 366 g/mol. The number of benzene rings is 2. The van der Waals surface area contributed by atoms with Gasteiger partial charge in [0.2, 0.25) is 12.7 Å². The standard InChI is InChI=1S/C19H15FN4O3/c20-13-2-1-3-14(9-13)23-18(25)15-6-7-21-19(24-15)22-10-12-4-5-16-17(8-12)27-11-26-16/h1-9H,10-11H2,(H,23,25)(H,21,22,24). The topological polar surface area (TPSA) is 85.4 Å². The van der Waals surface area contributed by atoms with Crippen LogP contribution in [0.2, 0.25) is 0 Å². The molecule has 1 aliphatic rings. The van der Waals surface area contributed by atoms with E-state index in [0.717, 1.165) is 5.56 Å². The first kappa shape index (κ1) is 16.8. The van der Waals surface area contributed by atoms with Crippen molar-refractivity contribution in [3.63, 3.8) is 0 Å². The number of hydrogen-bond donors (Lipinski definition) is 2. The summed E-state index contributed by atoms with van der Waals surface area (Å²) < 4.78 is 23.9. The Labute approximate surface area is 154 Å². The quantitative estimate of drug-likeness (QED) is 0.721. The van der Waals surface area contributed by atoms with E-state index in [2.05, 4.69) is 20.6 Å². The Hall–Kier alpha value is -3.68. The molecule has 0 aliphatic carbocycles. The van der Waals surface area contributed by atoms with E-state index in [1.807, 2.05) is 18.2 Å². The van der Waals surface area contributed by atoms with Gasteiger partial charge in [-0.3, -0.25) is 4.79 Å². The number of halogens is 1. The van der Waals surface area contributed by atoms with E-state index in [0.29, 0.717) is 29.7 Å². The molecular weight excluding hydrogens is 351 g/mol. The molecule has 1 amide bonds. The fourth-order valence-corrected chi connectivity index (χ4v) is 2.56. The fourth-order valence-electron chi connectivity index (χ4n) is 2.56. The number of aromatic nitrogens is 2. The highest BCUT2D eigenvalue weighted by atomic mass is 19.1. The number of amides is 1. The lowest BCUT2D eigenvalue weighted by molar-refractivity contribution is 0.102. The van der Waals surface area contributed by atoms with Crippen LogP contribution in [0.3, 0.4) is 0 Å². The number of fused-ring (bicyclic) bond motifs is 1. The second-order valence-electron chi connectivity index (χ2n) is 5.77. The zero-order valence-corrected chi connectivity index (χ0v) is 14.1. The Bertz CT molecular complexity index is 996. The SMILES string of the molecule is O=C(Nc1cccc(F)c1)c1ccnc(NCc2ccc3c(c2)OCO3)n1. The molecule has 0 fully saturated rings. The third kappa shape index (κ3) is 3.95. The van der Waals surface area contributed by atoms with E-state index < -0.39 is 11.7 Å². The van der Waals surface area contributed by atoms with Gasteiger partial charge in [0.1, 0.15) is 11.5 Å². The molecule has 4 rings (SSSR count). The number of carbonyl (C=O) groups excluding carboxylic acids is 1. The van der Waals surface area contributed by atoms with Gasteiger partial charge in [-0.25, -0.2) is 14.4 Å². The van der Waals surface area contributed by atoms with Crippen LogP contribution in [0.15, 0.2) is 54.7 Å². The molecular formula is C19H15FN4O3. The van der Waals surface area contributed by atoms with E-state index >= 15 is 0 Å². The maximum Gasteiger partial charge on any atom is 0.274 e. The Kier molecular flexibility index (Phi) is 4.52. The molecule has 2 heterocycles. The maximum absolute atomic E-state index is 13.2. The minimum atomic E-state index is -0.450. The van der Waals surface area contributed by atoms with Crippen LogP contribution >= 0.6 is 0 Å². The second kappa shape index (κ2) is 7.28. The van der Waals surface area contributed by atoms with Gasteiger partial charge in [0, 0.05) is 18.4 Å². The van der Waals surface area contributed by atoms with Gasteiger partial charge in [-0.1, -0.05) is 12.1 Å². The van der Waals surface area contributed by atoms with Crippen LogP contribution in [-0.2, 0) is 6.54 Å². The number of hydrogen-bond acceptors (Lipinski definition) is 6. The molecule has 7 nitrogen and oxygen atoms in total. The Morgan fingerprint density at radius 2 is 2.00 bits per heavy atom. The molecule has 1 aromatic heterocycles. The van der Waals surface area contributed by atoms with E-state index in [-0.39, 0.29) is 12.5 Å². The number of anilines is 2. The second-order valence-corrected chi connectivity index (χ2v) is 5.77. The van der Waals surface area contributed by atoms with Gasteiger partial charge in [0.15, 0.2) is 11.5 Å². The number of rotatable bonds is 5. The number of nitrogens with one attached hydrogen (secondary N) is 2. The highest BCUT2D eigenvalue weighted by molar-refractivity contribution is 6.02. The van der Waals surface area contributed by atoms with Crippen LogP contribution in [0.25, 0.3) is 0 Å².